The number of allylic oxidation sites excluding steroid dienone is 3. The number of ketones is 2. The lowest BCUT2D eigenvalue weighted by Crippen LogP contribution is -2.49. The van der Waals surface area contributed by atoms with E-state index < -0.39 is 23.4 Å². The van der Waals surface area contributed by atoms with Crippen LogP contribution >= 0.6 is 0 Å². The molecule has 0 bridgehead atoms. The van der Waals surface area contributed by atoms with Gasteiger partial charge in [-0.05, 0) is 31.9 Å². The lowest BCUT2D eigenvalue weighted by atomic mass is 9.67. The van der Waals surface area contributed by atoms with Crippen LogP contribution in [0.1, 0.15) is 59.3 Å². The van der Waals surface area contributed by atoms with Crippen LogP contribution in [-0.2, 0) is 19.1 Å². The van der Waals surface area contributed by atoms with Gasteiger partial charge in [0.05, 0.1) is 17.9 Å². The smallest absolute Gasteiger partial charge is 0.198 e. The SMILES string of the molecule is CCCCC[C@H](O)CC(=O)C[C@H]1C2=COC(C)=CC2=C(C=O)C(=O)[C@]1(C)O. The summed E-state index contributed by atoms with van der Waals surface area (Å²) in [6.07, 6.45) is 5.97. The number of carbonyl (C=O) groups excluding carboxylic acids is 3. The standard InChI is InChI=1S/C21H28O6/c1-4-5-6-7-14(23)9-15(24)10-19-18-12-27-13(2)8-16(18)17(11-22)20(25)21(19,3)26/h8,11-12,14,19,23,26H,4-7,9-10H2,1-3H3/t14-,19-,21+/m0/s1. The van der Waals surface area contributed by atoms with Crippen LogP contribution in [0.2, 0.25) is 0 Å². The van der Waals surface area contributed by atoms with E-state index in [-0.39, 0.29) is 24.2 Å². The topological polar surface area (TPSA) is 101 Å². The summed E-state index contributed by atoms with van der Waals surface area (Å²) in [7, 11) is 0. The highest BCUT2D eigenvalue weighted by Gasteiger charge is 2.49. The fourth-order valence-corrected chi connectivity index (χ4v) is 3.63. The molecule has 2 aliphatic rings. The Morgan fingerprint density at radius 1 is 1.41 bits per heavy atom. The molecule has 0 amide bonds. The Labute approximate surface area is 159 Å². The van der Waals surface area contributed by atoms with Crippen molar-refractivity contribution in [2.45, 2.75) is 71.0 Å². The fraction of sp³-hybridized carbons (Fsp3) is 0.571. The summed E-state index contributed by atoms with van der Waals surface area (Å²) in [5, 5.41) is 20.8. The minimum atomic E-state index is -1.89. The molecule has 0 radical (unpaired) electrons. The van der Waals surface area contributed by atoms with Gasteiger partial charge in [-0.25, -0.2) is 0 Å². The van der Waals surface area contributed by atoms with E-state index in [2.05, 4.69) is 6.92 Å². The van der Waals surface area contributed by atoms with Crippen molar-refractivity contribution < 1.29 is 29.3 Å². The number of hydrogen-bond donors (Lipinski definition) is 2. The van der Waals surface area contributed by atoms with E-state index in [1.165, 1.54) is 13.2 Å². The molecule has 0 aromatic rings. The third-order valence-corrected chi connectivity index (χ3v) is 5.23. The zero-order valence-electron chi connectivity index (χ0n) is 16.2. The van der Waals surface area contributed by atoms with Crippen LogP contribution in [0.3, 0.4) is 0 Å². The van der Waals surface area contributed by atoms with Crippen molar-refractivity contribution in [3.8, 4) is 0 Å². The van der Waals surface area contributed by atoms with Gasteiger partial charge < -0.3 is 14.9 Å². The van der Waals surface area contributed by atoms with Gasteiger partial charge in [0.25, 0.3) is 0 Å². The number of hydrogen-bond acceptors (Lipinski definition) is 6. The second-order valence-corrected chi connectivity index (χ2v) is 7.52. The molecule has 0 unspecified atom stereocenters. The summed E-state index contributed by atoms with van der Waals surface area (Å²) in [6, 6.07) is 0. The molecule has 1 aliphatic carbocycles. The molecule has 0 spiro atoms. The Morgan fingerprint density at radius 3 is 2.74 bits per heavy atom. The van der Waals surface area contributed by atoms with Crippen LogP contribution < -0.4 is 0 Å². The maximum atomic E-state index is 12.6. The summed E-state index contributed by atoms with van der Waals surface area (Å²) < 4.78 is 5.39. The van der Waals surface area contributed by atoms with Crippen molar-refractivity contribution in [3.05, 3.63) is 34.8 Å². The molecule has 6 nitrogen and oxygen atoms in total. The largest absolute Gasteiger partial charge is 0.469 e. The van der Waals surface area contributed by atoms with Crippen molar-refractivity contribution in [1.29, 1.82) is 0 Å². The summed E-state index contributed by atoms with van der Waals surface area (Å²) in [5.74, 6) is -1.25. The van der Waals surface area contributed by atoms with E-state index in [1.807, 2.05) is 0 Å². The molecule has 3 atom stereocenters. The van der Waals surface area contributed by atoms with Crippen molar-refractivity contribution in [3.63, 3.8) is 0 Å². The molecule has 1 aliphatic heterocycles. The van der Waals surface area contributed by atoms with Crippen LogP contribution in [0.4, 0.5) is 0 Å². The quantitative estimate of drug-likeness (QED) is 0.364. The molecule has 0 saturated heterocycles. The normalized spacial score (nSPS) is 26.0. The molecular weight excluding hydrogens is 348 g/mol. The summed E-state index contributed by atoms with van der Waals surface area (Å²) in [6.45, 7) is 5.07. The number of unbranched alkanes of at least 4 members (excludes halogenated alkanes) is 2. The van der Waals surface area contributed by atoms with E-state index >= 15 is 0 Å². The van der Waals surface area contributed by atoms with Crippen LogP contribution in [0.5, 0.6) is 0 Å². The number of ether oxygens (including phenoxy) is 1. The highest BCUT2D eigenvalue weighted by Crippen LogP contribution is 2.43. The first-order valence-electron chi connectivity index (χ1n) is 9.44. The third-order valence-electron chi connectivity index (χ3n) is 5.23. The highest BCUT2D eigenvalue weighted by molar-refractivity contribution is 6.18. The van der Waals surface area contributed by atoms with Gasteiger partial charge in [-0.1, -0.05) is 26.2 Å². The molecular formula is C21H28O6. The average molecular weight is 376 g/mol. The monoisotopic (exact) mass is 376 g/mol. The Bertz CT molecular complexity index is 710. The molecule has 2 rings (SSSR count). The Balaban J connectivity index is 2.21. The number of aliphatic hydroxyl groups is 2. The van der Waals surface area contributed by atoms with Gasteiger partial charge in [-0.2, -0.15) is 0 Å². The van der Waals surface area contributed by atoms with Crippen LogP contribution in [0.25, 0.3) is 0 Å². The maximum Gasteiger partial charge on any atom is 0.198 e. The number of carbonyl (C=O) groups is 3. The second-order valence-electron chi connectivity index (χ2n) is 7.52. The minimum Gasteiger partial charge on any atom is -0.469 e. The van der Waals surface area contributed by atoms with E-state index in [4.69, 9.17) is 4.74 Å². The van der Waals surface area contributed by atoms with E-state index in [1.54, 1.807) is 13.0 Å². The Kier molecular flexibility index (Phi) is 6.89. The predicted octanol–water partition coefficient (Wildman–Crippen LogP) is 2.54. The van der Waals surface area contributed by atoms with Crippen LogP contribution in [-0.4, -0.2) is 39.8 Å². The fourth-order valence-electron chi connectivity index (χ4n) is 3.63. The lowest BCUT2D eigenvalue weighted by molar-refractivity contribution is -0.139. The van der Waals surface area contributed by atoms with Crippen molar-refractivity contribution in [2.24, 2.45) is 5.92 Å². The van der Waals surface area contributed by atoms with Crippen molar-refractivity contribution >= 4 is 17.9 Å². The summed E-state index contributed by atoms with van der Waals surface area (Å²) in [4.78, 5) is 36.6. The van der Waals surface area contributed by atoms with Gasteiger partial charge in [0.2, 0.25) is 0 Å². The molecule has 2 N–H and O–H groups in total. The first-order chi connectivity index (χ1) is 12.7. The van der Waals surface area contributed by atoms with Gasteiger partial charge in [-0.3, -0.25) is 14.4 Å². The summed E-state index contributed by atoms with van der Waals surface area (Å²) >= 11 is 0. The second kappa shape index (κ2) is 8.76. The zero-order chi connectivity index (χ0) is 20.2. The molecule has 27 heavy (non-hydrogen) atoms. The molecule has 0 saturated carbocycles. The lowest BCUT2D eigenvalue weighted by Gasteiger charge is -2.39. The average Bonchev–Trinajstić information content (AvgIpc) is 2.60. The van der Waals surface area contributed by atoms with E-state index in [0.29, 0.717) is 29.6 Å². The van der Waals surface area contributed by atoms with Gasteiger partial charge in [-0.15, -0.1) is 0 Å². The molecule has 6 heteroatoms. The van der Waals surface area contributed by atoms with E-state index in [9.17, 15) is 24.6 Å². The zero-order valence-corrected chi connectivity index (χ0v) is 16.2. The van der Waals surface area contributed by atoms with Gasteiger partial charge in [0, 0.05) is 24.3 Å². The first kappa shape index (κ1) is 21.3. The molecule has 0 aromatic carbocycles. The Morgan fingerprint density at radius 2 is 2.11 bits per heavy atom. The molecule has 0 fully saturated rings. The van der Waals surface area contributed by atoms with E-state index in [0.717, 1.165) is 19.3 Å². The summed E-state index contributed by atoms with van der Waals surface area (Å²) in [5.41, 5.74) is -1.15. The first-order valence-corrected chi connectivity index (χ1v) is 9.44. The number of Topliss-reactive ketones (excluding diaryl/α,β-unsaturated/α-hetero) is 2. The number of aldehydes is 1. The predicted molar refractivity (Wildman–Crippen MR) is 99.5 cm³/mol. The third kappa shape index (κ3) is 4.62. The van der Waals surface area contributed by atoms with Crippen molar-refractivity contribution in [2.75, 3.05) is 0 Å². The number of fused-ring (bicyclic) bond motifs is 1. The van der Waals surface area contributed by atoms with Gasteiger partial charge >= 0.3 is 0 Å². The van der Waals surface area contributed by atoms with Crippen LogP contribution in [0, 0.1) is 5.92 Å². The van der Waals surface area contributed by atoms with Gasteiger partial charge in [0.1, 0.15) is 17.1 Å². The minimum absolute atomic E-state index is 0.0208. The van der Waals surface area contributed by atoms with Crippen molar-refractivity contribution in [1.82, 2.24) is 0 Å². The molecule has 148 valence electrons. The number of aliphatic hydroxyl groups excluding tert-OH is 1. The van der Waals surface area contributed by atoms with Gasteiger partial charge in [0.15, 0.2) is 12.1 Å². The maximum absolute atomic E-state index is 12.6. The molecule has 1 heterocycles. The van der Waals surface area contributed by atoms with Crippen LogP contribution in [0.15, 0.2) is 34.8 Å². The Hall–Kier alpha value is -2.05. The molecule has 0 aromatic heterocycles. The number of rotatable bonds is 9. The highest BCUT2D eigenvalue weighted by atomic mass is 16.5.